The van der Waals surface area contributed by atoms with Crippen molar-refractivity contribution < 1.29 is 17.7 Å². The van der Waals surface area contributed by atoms with Gasteiger partial charge in [0.1, 0.15) is 0 Å². The normalized spacial score (nSPS) is 17.2. The van der Waals surface area contributed by atoms with Crippen LogP contribution >= 0.6 is 0 Å². The minimum absolute atomic E-state index is 0.287. The van der Waals surface area contributed by atoms with E-state index in [9.17, 15) is 0 Å². The highest BCUT2D eigenvalue weighted by molar-refractivity contribution is 5.75. The van der Waals surface area contributed by atoms with Crippen LogP contribution in [0.5, 0.6) is 0 Å². The minimum atomic E-state index is 0.287. The molecule has 0 fully saturated rings. The molecule has 0 saturated heterocycles. The van der Waals surface area contributed by atoms with Crippen LogP contribution in [0.15, 0.2) is 54.5 Å². The third-order valence-electron chi connectivity index (χ3n) is 4.98. The second-order valence-corrected chi connectivity index (χ2v) is 6.24. The summed E-state index contributed by atoms with van der Waals surface area (Å²) in [6.45, 7) is 2.16. The van der Waals surface area contributed by atoms with Crippen LogP contribution in [0.1, 0.15) is 35.1 Å². The molecular formula is C19H12O4. The molecule has 23 heavy (non-hydrogen) atoms. The van der Waals surface area contributed by atoms with Crippen LogP contribution in [-0.2, 0) is 6.42 Å². The maximum absolute atomic E-state index is 6.06. The van der Waals surface area contributed by atoms with Crippen molar-refractivity contribution in [3.8, 4) is 34.6 Å². The largest absolute Gasteiger partial charge is 0.461 e. The average Bonchev–Trinajstić information content (AvgIpc) is 3.28. The summed E-state index contributed by atoms with van der Waals surface area (Å²) in [6.07, 6.45) is 4.27. The number of hydrogen-bond donors (Lipinski definition) is 0. The Kier molecular flexibility index (Phi) is 1.88. The van der Waals surface area contributed by atoms with E-state index in [1.807, 2.05) is 18.2 Å². The van der Waals surface area contributed by atoms with Gasteiger partial charge in [-0.2, -0.15) is 0 Å². The van der Waals surface area contributed by atoms with Crippen molar-refractivity contribution in [1.29, 1.82) is 0 Å². The Hall–Kier alpha value is -2.88. The predicted molar refractivity (Wildman–Crippen MR) is 82.1 cm³/mol. The fraction of sp³-hybridized carbons (Fsp3) is 0.158. The van der Waals surface area contributed by atoms with E-state index in [0.29, 0.717) is 0 Å². The van der Waals surface area contributed by atoms with Crippen LogP contribution in [0.2, 0.25) is 0 Å². The molecule has 4 aromatic rings. The van der Waals surface area contributed by atoms with E-state index < -0.39 is 0 Å². The Labute approximate surface area is 131 Å². The fourth-order valence-corrected chi connectivity index (χ4v) is 3.79. The molecular weight excluding hydrogens is 292 g/mol. The molecule has 4 nitrogen and oxygen atoms in total. The maximum atomic E-state index is 6.06. The van der Waals surface area contributed by atoms with Gasteiger partial charge in [0.2, 0.25) is 0 Å². The lowest BCUT2D eigenvalue weighted by Gasteiger charge is -1.99. The summed E-state index contributed by atoms with van der Waals surface area (Å²) in [4.78, 5) is 0. The first-order chi connectivity index (χ1) is 11.3. The van der Waals surface area contributed by atoms with Crippen LogP contribution in [0, 0.1) is 0 Å². The first-order valence-corrected chi connectivity index (χ1v) is 7.71. The second kappa shape index (κ2) is 3.71. The molecule has 2 aliphatic rings. The van der Waals surface area contributed by atoms with Crippen LogP contribution in [0.4, 0.5) is 0 Å². The zero-order valence-corrected chi connectivity index (χ0v) is 12.4. The summed E-state index contributed by atoms with van der Waals surface area (Å²) in [7, 11) is 0. The molecule has 0 spiro atoms. The van der Waals surface area contributed by atoms with Gasteiger partial charge in [-0.05, 0) is 24.3 Å². The molecule has 4 heteroatoms. The maximum Gasteiger partial charge on any atom is 0.174 e. The summed E-state index contributed by atoms with van der Waals surface area (Å²) in [5, 5.41) is 0. The molecule has 4 aromatic heterocycles. The van der Waals surface area contributed by atoms with Crippen LogP contribution in [0.25, 0.3) is 34.6 Å². The topological polar surface area (TPSA) is 52.6 Å². The van der Waals surface area contributed by atoms with Gasteiger partial charge in [0, 0.05) is 34.6 Å². The highest BCUT2D eigenvalue weighted by Gasteiger charge is 2.34. The molecule has 0 radical (unpaired) electrons. The summed E-state index contributed by atoms with van der Waals surface area (Å²) >= 11 is 0. The third-order valence-corrected chi connectivity index (χ3v) is 4.98. The lowest BCUT2D eigenvalue weighted by molar-refractivity contribution is 0.502. The van der Waals surface area contributed by atoms with Crippen molar-refractivity contribution in [3.05, 3.63) is 59.0 Å². The van der Waals surface area contributed by atoms with Crippen LogP contribution < -0.4 is 0 Å². The van der Waals surface area contributed by atoms with Crippen molar-refractivity contribution in [2.45, 2.75) is 19.3 Å². The van der Waals surface area contributed by atoms with Crippen LogP contribution in [0.3, 0.4) is 0 Å². The highest BCUT2D eigenvalue weighted by atomic mass is 16.4. The van der Waals surface area contributed by atoms with E-state index in [2.05, 4.69) is 13.0 Å². The quantitative estimate of drug-likeness (QED) is 0.414. The van der Waals surface area contributed by atoms with E-state index in [0.717, 1.165) is 52.1 Å². The molecule has 0 amide bonds. The monoisotopic (exact) mass is 304 g/mol. The first kappa shape index (κ1) is 11.7. The molecule has 0 N–H and O–H groups in total. The standard InChI is InChI=1S/C19H12O4/c1-9-12-3-5-21-18(12)19-13(9)8-15(23-19)14-7-11-6-10-2-4-20-16(10)17(11)22-14/h2-5,7-9H,6H2,1H3. The summed E-state index contributed by atoms with van der Waals surface area (Å²) in [6, 6.07) is 8.11. The molecule has 0 aliphatic heterocycles. The van der Waals surface area contributed by atoms with Crippen molar-refractivity contribution in [2.24, 2.45) is 0 Å². The van der Waals surface area contributed by atoms with E-state index >= 15 is 0 Å². The van der Waals surface area contributed by atoms with Gasteiger partial charge in [-0.15, -0.1) is 0 Å². The van der Waals surface area contributed by atoms with E-state index in [1.54, 1.807) is 12.5 Å². The summed E-state index contributed by atoms with van der Waals surface area (Å²) in [5.74, 6) is 5.09. The molecule has 4 heterocycles. The fourth-order valence-electron chi connectivity index (χ4n) is 3.79. The van der Waals surface area contributed by atoms with Crippen molar-refractivity contribution in [1.82, 2.24) is 0 Å². The second-order valence-electron chi connectivity index (χ2n) is 6.24. The number of rotatable bonds is 1. The Morgan fingerprint density at radius 3 is 2.52 bits per heavy atom. The van der Waals surface area contributed by atoms with Gasteiger partial charge in [-0.25, -0.2) is 0 Å². The third kappa shape index (κ3) is 1.32. The van der Waals surface area contributed by atoms with Gasteiger partial charge in [-0.3, -0.25) is 0 Å². The summed E-state index contributed by atoms with van der Waals surface area (Å²) < 4.78 is 23.2. The molecule has 1 unspecified atom stereocenters. The molecule has 0 saturated carbocycles. The van der Waals surface area contributed by atoms with Crippen molar-refractivity contribution in [3.63, 3.8) is 0 Å². The van der Waals surface area contributed by atoms with Gasteiger partial charge in [-0.1, -0.05) is 6.92 Å². The highest BCUT2D eigenvalue weighted by Crippen LogP contribution is 2.49. The van der Waals surface area contributed by atoms with Gasteiger partial charge in [0.15, 0.2) is 34.6 Å². The van der Waals surface area contributed by atoms with Gasteiger partial charge in [0.25, 0.3) is 0 Å². The van der Waals surface area contributed by atoms with Crippen LogP contribution in [-0.4, -0.2) is 0 Å². The van der Waals surface area contributed by atoms with E-state index in [4.69, 9.17) is 17.7 Å². The summed E-state index contributed by atoms with van der Waals surface area (Å²) in [5.41, 5.74) is 4.68. The Bertz CT molecular complexity index is 1070. The molecule has 2 aliphatic carbocycles. The number of furan rings is 4. The molecule has 0 aromatic carbocycles. The average molecular weight is 304 g/mol. The molecule has 112 valence electrons. The minimum Gasteiger partial charge on any atom is -0.461 e. The predicted octanol–water partition coefficient (Wildman–Crippen LogP) is 5.43. The lowest BCUT2D eigenvalue weighted by atomic mass is 10.0. The smallest absolute Gasteiger partial charge is 0.174 e. The van der Waals surface area contributed by atoms with E-state index in [1.165, 1.54) is 11.1 Å². The molecule has 1 atom stereocenters. The SMILES string of the molecule is CC1c2ccoc2-c2oc(-c3cc4c(o3)-c3occc3C4)cc21. The van der Waals surface area contributed by atoms with Crippen molar-refractivity contribution >= 4 is 0 Å². The number of hydrogen-bond acceptors (Lipinski definition) is 4. The lowest BCUT2D eigenvalue weighted by Crippen LogP contribution is -1.85. The Morgan fingerprint density at radius 1 is 0.783 bits per heavy atom. The molecule has 0 bridgehead atoms. The van der Waals surface area contributed by atoms with Crippen molar-refractivity contribution in [2.75, 3.05) is 0 Å². The zero-order chi connectivity index (χ0) is 15.1. The van der Waals surface area contributed by atoms with E-state index in [-0.39, 0.29) is 5.92 Å². The van der Waals surface area contributed by atoms with Gasteiger partial charge < -0.3 is 17.7 Å². The Morgan fingerprint density at radius 2 is 1.57 bits per heavy atom. The first-order valence-electron chi connectivity index (χ1n) is 7.71. The molecule has 6 rings (SSSR count). The van der Waals surface area contributed by atoms with Gasteiger partial charge in [0.05, 0.1) is 12.5 Å². The zero-order valence-electron chi connectivity index (χ0n) is 12.4. The van der Waals surface area contributed by atoms with Gasteiger partial charge >= 0.3 is 0 Å². The number of fused-ring (bicyclic) bond motifs is 6. The Balaban J connectivity index is 1.49.